The van der Waals surface area contributed by atoms with Crippen molar-refractivity contribution in [3.8, 4) is 0 Å². The summed E-state index contributed by atoms with van der Waals surface area (Å²) in [7, 11) is 0. The second-order valence-electron chi connectivity index (χ2n) is 8.74. The molecule has 1 atom stereocenters. The number of rotatable bonds is 7. The fraction of sp³-hybridized carbons (Fsp3) is 0.250. The Morgan fingerprint density at radius 2 is 1.73 bits per heavy atom. The first kappa shape index (κ1) is 21.7. The van der Waals surface area contributed by atoms with Gasteiger partial charge in [0, 0.05) is 43.8 Å². The molecular weight excluding hydrogens is 416 g/mol. The van der Waals surface area contributed by atoms with E-state index in [9.17, 15) is 8.78 Å². The summed E-state index contributed by atoms with van der Waals surface area (Å²) >= 11 is 0. The predicted molar refractivity (Wildman–Crippen MR) is 128 cm³/mol. The first-order valence-electron chi connectivity index (χ1n) is 11.4. The summed E-state index contributed by atoms with van der Waals surface area (Å²) < 4.78 is 27.2. The number of hydrogen-bond acceptors (Lipinski definition) is 3. The highest BCUT2D eigenvalue weighted by Gasteiger charge is 2.26. The number of nitrogens with zero attached hydrogens (tertiary/aromatic N) is 2. The number of fused-ring (bicyclic) bond motifs is 2. The van der Waals surface area contributed by atoms with Crippen molar-refractivity contribution in [2.75, 3.05) is 13.1 Å². The molecule has 33 heavy (non-hydrogen) atoms. The third-order valence-corrected chi connectivity index (χ3v) is 6.53. The third kappa shape index (κ3) is 5.10. The second kappa shape index (κ2) is 9.77. The van der Waals surface area contributed by atoms with Crippen molar-refractivity contribution in [2.45, 2.75) is 32.0 Å². The predicted octanol–water partition coefficient (Wildman–Crippen LogP) is 5.27. The van der Waals surface area contributed by atoms with Crippen molar-refractivity contribution >= 4 is 10.9 Å². The molecule has 1 aliphatic rings. The maximum Gasteiger partial charge on any atom is 0.123 e. The topological polar surface area (TPSA) is 28.2 Å². The molecule has 1 N–H and O–H groups in total. The Bertz CT molecular complexity index is 1230. The summed E-state index contributed by atoms with van der Waals surface area (Å²) in [4.78, 5) is 6.90. The molecule has 1 unspecified atom stereocenters. The number of benzene rings is 3. The summed E-state index contributed by atoms with van der Waals surface area (Å²) in [5.41, 5.74) is 5.61. The van der Waals surface area contributed by atoms with Gasteiger partial charge in [-0.15, -0.1) is 0 Å². The van der Waals surface area contributed by atoms with Gasteiger partial charge in [-0.2, -0.15) is 0 Å². The number of halogens is 2. The lowest BCUT2D eigenvalue weighted by Gasteiger charge is -2.37. The van der Waals surface area contributed by atoms with Gasteiger partial charge < -0.3 is 5.32 Å². The van der Waals surface area contributed by atoms with Crippen molar-refractivity contribution in [1.82, 2.24) is 15.2 Å². The standard InChI is InChI=1S/C28H27F2N3/c29-24-8-5-20(6-9-24)15-26-17-23-16-25(30)10-7-22(23)19-33(26)14-13-31-18-21-11-12-32-28-4-2-1-3-27(21)28/h1-12,16,26,31H,13-15,17-19H2. The molecule has 4 aromatic rings. The first-order valence-corrected chi connectivity index (χ1v) is 11.4. The monoisotopic (exact) mass is 443 g/mol. The Hall–Kier alpha value is -3.15. The zero-order valence-electron chi connectivity index (χ0n) is 18.5. The van der Waals surface area contributed by atoms with Crippen LogP contribution >= 0.6 is 0 Å². The fourth-order valence-corrected chi connectivity index (χ4v) is 4.78. The molecule has 3 aromatic carbocycles. The lowest BCUT2D eigenvalue weighted by molar-refractivity contribution is 0.170. The Labute approximate surface area is 193 Å². The number of pyridine rings is 1. The Morgan fingerprint density at radius 3 is 2.61 bits per heavy atom. The van der Waals surface area contributed by atoms with Crippen LogP contribution in [-0.2, 0) is 25.9 Å². The molecule has 0 saturated heterocycles. The maximum atomic E-state index is 13.8. The van der Waals surface area contributed by atoms with Gasteiger partial charge >= 0.3 is 0 Å². The van der Waals surface area contributed by atoms with Gasteiger partial charge in [-0.05, 0) is 71.5 Å². The van der Waals surface area contributed by atoms with Crippen LogP contribution in [0, 0.1) is 11.6 Å². The molecule has 0 radical (unpaired) electrons. The fourth-order valence-electron chi connectivity index (χ4n) is 4.78. The SMILES string of the molecule is Fc1ccc(CC2Cc3cc(F)ccc3CN2CCNCc2ccnc3ccccc23)cc1. The molecule has 1 aromatic heterocycles. The maximum absolute atomic E-state index is 13.8. The van der Waals surface area contributed by atoms with Crippen LogP contribution in [0.5, 0.6) is 0 Å². The van der Waals surface area contributed by atoms with E-state index in [1.807, 2.05) is 42.6 Å². The molecule has 2 heterocycles. The second-order valence-corrected chi connectivity index (χ2v) is 8.74. The van der Waals surface area contributed by atoms with Crippen LogP contribution in [0.15, 0.2) is 79.0 Å². The van der Waals surface area contributed by atoms with E-state index >= 15 is 0 Å². The highest BCUT2D eigenvalue weighted by molar-refractivity contribution is 5.81. The number of aromatic nitrogens is 1. The summed E-state index contributed by atoms with van der Waals surface area (Å²) in [6, 6.07) is 22.3. The van der Waals surface area contributed by atoms with Crippen molar-refractivity contribution in [2.24, 2.45) is 0 Å². The smallest absolute Gasteiger partial charge is 0.123 e. The van der Waals surface area contributed by atoms with E-state index in [-0.39, 0.29) is 17.7 Å². The summed E-state index contributed by atoms with van der Waals surface area (Å²) in [6.07, 6.45) is 3.46. The van der Waals surface area contributed by atoms with Crippen LogP contribution in [0.2, 0.25) is 0 Å². The summed E-state index contributed by atoms with van der Waals surface area (Å²) in [5, 5.41) is 4.76. The minimum absolute atomic E-state index is 0.186. The Balaban J connectivity index is 1.26. The molecule has 0 fully saturated rings. The lowest BCUT2D eigenvalue weighted by atomic mass is 9.90. The minimum atomic E-state index is -0.223. The van der Waals surface area contributed by atoms with Gasteiger partial charge in [-0.3, -0.25) is 9.88 Å². The summed E-state index contributed by atoms with van der Waals surface area (Å²) in [5.74, 6) is -0.409. The van der Waals surface area contributed by atoms with E-state index in [1.54, 1.807) is 12.1 Å². The molecule has 0 aliphatic carbocycles. The van der Waals surface area contributed by atoms with Crippen molar-refractivity contribution < 1.29 is 8.78 Å². The zero-order chi connectivity index (χ0) is 22.6. The molecule has 0 spiro atoms. The van der Waals surface area contributed by atoms with Crippen LogP contribution in [0.3, 0.4) is 0 Å². The highest BCUT2D eigenvalue weighted by Crippen LogP contribution is 2.26. The molecule has 168 valence electrons. The van der Waals surface area contributed by atoms with Crippen molar-refractivity contribution in [3.63, 3.8) is 0 Å². The number of nitrogens with one attached hydrogen (secondary N) is 1. The average Bonchev–Trinajstić information content (AvgIpc) is 2.83. The van der Waals surface area contributed by atoms with Crippen LogP contribution in [0.1, 0.15) is 22.3 Å². The van der Waals surface area contributed by atoms with Gasteiger partial charge in [0.25, 0.3) is 0 Å². The van der Waals surface area contributed by atoms with Gasteiger partial charge in [0.1, 0.15) is 11.6 Å². The van der Waals surface area contributed by atoms with E-state index in [0.717, 1.165) is 55.7 Å². The normalized spacial score (nSPS) is 16.1. The van der Waals surface area contributed by atoms with Gasteiger partial charge in [-0.25, -0.2) is 8.78 Å². The van der Waals surface area contributed by atoms with Gasteiger partial charge in [0.2, 0.25) is 0 Å². The number of para-hydroxylation sites is 1. The van der Waals surface area contributed by atoms with Crippen LogP contribution in [0.25, 0.3) is 10.9 Å². The average molecular weight is 444 g/mol. The third-order valence-electron chi connectivity index (χ3n) is 6.53. The van der Waals surface area contributed by atoms with E-state index in [0.29, 0.717) is 0 Å². The molecule has 1 aliphatic heterocycles. The highest BCUT2D eigenvalue weighted by atomic mass is 19.1. The van der Waals surface area contributed by atoms with Crippen LogP contribution in [-0.4, -0.2) is 29.0 Å². The van der Waals surface area contributed by atoms with Crippen LogP contribution < -0.4 is 5.32 Å². The lowest BCUT2D eigenvalue weighted by Crippen LogP contribution is -2.44. The molecule has 0 saturated carbocycles. The molecular formula is C28H27F2N3. The van der Waals surface area contributed by atoms with Crippen molar-refractivity contribution in [1.29, 1.82) is 0 Å². The van der Waals surface area contributed by atoms with Gasteiger partial charge in [-0.1, -0.05) is 36.4 Å². The molecule has 0 amide bonds. The Kier molecular flexibility index (Phi) is 6.42. The molecule has 0 bridgehead atoms. The molecule has 5 heteroatoms. The largest absolute Gasteiger partial charge is 0.311 e. The number of hydrogen-bond donors (Lipinski definition) is 1. The van der Waals surface area contributed by atoms with E-state index < -0.39 is 0 Å². The van der Waals surface area contributed by atoms with Gasteiger partial charge in [0.05, 0.1) is 5.52 Å². The quantitative estimate of drug-likeness (QED) is 0.394. The first-order chi connectivity index (χ1) is 16.2. The van der Waals surface area contributed by atoms with E-state index in [1.165, 1.54) is 28.6 Å². The molecule has 5 rings (SSSR count). The molecule has 3 nitrogen and oxygen atoms in total. The van der Waals surface area contributed by atoms with Crippen LogP contribution in [0.4, 0.5) is 8.78 Å². The minimum Gasteiger partial charge on any atom is -0.311 e. The van der Waals surface area contributed by atoms with Crippen molar-refractivity contribution in [3.05, 3.63) is 113 Å². The van der Waals surface area contributed by atoms with E-state index in [2.05, 4.69) is 27.3 Å². The van der Waals surface area contributed by atoms with E-state index in [4.69, 9.17) is 0 Å². The zero-order valence-corrected chi connectivity index (χ0v) is 18.5. The summed E-state index contributed by atoms with van der Waals surface area (Å²) in [6.45, 7) is 3.29. The van der Waals surface area contributed by atoms with Gasteiger partial charge in [0.15, 0.2) is 0 Å². The Morgan fingerprint density at radius 1 is 0.909 bits per heavy atom.